The monoisotopic (exact) mass is 302 g/mol. The lowest BCUT2D eigenvalue weighted by atomic mass is 10.1. The molecule has 1 aromatic carbocycles. The first-order valence-electron chi connectivity index (χ1n) is 5.20. The minimum Gasteiger partial charge on any atom is -0.495 e. The summed E-state index contributed by atoms with van der Waals surface area (Å²) < 4.78 is 10.6. The number of carbonyl (C=O) groups is 1. The second kappa shape index (κ2) is 6.02. The van der Waals surface area contributed by atoms with E-state index in [0.29, 0.717) is 15.8 Å². The van der Waals surface area contributed by atoms with Gasteiger partial charge in [0.1, 0.15) is 5.75 Å². The first kappa shape index (κ1) is 14.0. The molecule has 0 aromatic heterocycles. The summed E-state index contributed by atoms with van der Waals surface area (Å²) in [5.74, 6) is 0.0359. The van der Waals surface area contributed by atoms with Crippen LogP contribution in [0.4, 0.5) is 0 Å². The van der Waals surface area contributed by atoms with Crippen molar-refractivity contribution >= 4 is 21.9 Å². The molecule has 0 aliphatic rings. The van der Waals surface area contributed by atoms with Crippen LogP contribution in [0.25, 0.3) is 0 Å². The average molecular weight is 303 g/mol. The molecule has 0 aliphatic carbocycles. The zero-order valence-electron chi connectivity index (χ0n) is 9.99. The Bertz CT molecular complexity index is 394. The Labute approximate surface area is 109 Å². The van der Waals surface area contributed by atoms with E-state index in [1.807, 2.05) is 6.92 Å². The Morgan fingerprint density at radius 3 is 2.65 bits per heavy atom. The van der Waals surface area contributed by atoms with E-state index in [0.717, 1.165) is 5.56 Å². The third-order valence-corrected chi connectivity index (χ3v) is 2.87. The lowest BCUT2D eigenvalue weighted by Gasteiger charge is -2.13. The molecule has 1 rings (SSSR count). The minimum atomic E-state index is -1.27. The van der Waals surface area contributed by atoms with Gasteiger partial charge in [-0.3, -0.25) is 0 Å². The van der Waals surface area contributed by atoms with Gasteiger partial charge in [-0.25, -0.2) is 4.79 Å². The van der Waals surface area contributed by atoms with Gasteiger partial charge in [-0.2, -0.15) is 0 Å². The van der Waals surface area contributed by atoms with E-state index in [1.165, 1.54) is 0 Å². The predicted octanol–water partition coefficient (Wildman–Crippen LogP) is 2.36. The van der Waals surface area contributed by atoms with Crippen LogP contribution < -0.4 is 4.74 Å². The number of esters is 1. The number of hydrogen-bond acceptors (Lipinski definition) is 4. The summed E-state index contributed by atoms with van der Waals surface area (Å²) >= 11 is 3.33. The van der Waals surface area contributed by atoms with Gasteiger partial charge in [-0.1, -0.05) is 0 Å². The van der Waals surface area contributed by atoms with E-state index in [2.05, 4.69) is 15.9 Å². The van der Waals surface area contributed by atoms with E-state index in [4.69, 9.17) is 9.47 Å². The van der Waals surface area contributed by atoms with Crippen LogP contribution in [0, 0.1) is 6.92 Å². The summed E-state index contributed by atoms with van der Waals surface area (Å²) in [6.07, 6.45) is -1.27. The fourth-order valence-corrected chi connectivity index (χ4v) is 2.27. The van der Waals surface area contributed by atoms with Gasteiger partial charge >= 0.3 is 5.97 Å². The lowest BCUT2D eigenvalue weighted by Crippen LogP contribution is -2.15. The van der Waals surface area contributed by atoms with Gasteiger partial charge in [0.25, 0.3) is 0 Å². The van der Waals surface area contributed by atoms with Crippen LogP contribution in [-0.4, -0.2) is 24.8 Å². The topological polar surface area (TPSA) is 55.8 Å². The van der Waals surface area contributed by atoms with Crippen molar-refractivity contribution in [2.24, 2.45) is 0 Å². The maximum Gasteiger partial charge on any atom is 0.339 e. The SMILES string of the molecule is CCOC(=O)C(O)c1cc(C)c(OC)c(Br)c1. The van der Waals surface area contributed by atoms with Crippen LogP contribution in [0.5, 0.6) is 5.75 Å². The third-order valence-electron chi connectivity index (χ3n) is 2.28. The number of rotatable bonds is 4. The van der Waals surface area contributed by atoms with Crippen LogP contribution in [0.2, 0.25) is 0 Å². The number of halogens is 1. The van der Waals surface area contributed by atoms with Gasteiger partial charge in [0, 0.05) is 0 Å². The van der Waals surface area contributed by atoms with E-state index < -0.39 is 12.1 Å². The normalized spacial score (nSPS) is 12.1. The maximum atomic E-state index is 11.4. The standard InChI is InChI=1S/C12H15BrO4/c1-4-17-12(15)10(14)8-5-7(2)11(16-3)9(13)6-8/h5-6,10,14H,4H2,1-3H3. The van der Waals surface area contributed by atoms with Gasteiger partial charge in [-0.05, 0) is 53.0 Å². The van der Waals surface area contributed by atoms with Crippen LogP contribution in [0.3, 0.4) is 0 Å². The first-order valence-corrected chi connectivity index (χ1v) is 5.99. The van der Waals surface area contributed by atoms with Crippen molar-refractivity contribution in [2.75, 3.05) is 13.7 Å². The molecule has 17 heavy (non-hydrogen) atoms. The maximum absolute atomic E-state index is 11.4. The van der Waals surface area contributed by atoms with Gasteiger partial charge < -0.3 is 14.6 Å². The molecule has 0 saturated carbocycles. The molecule has 0 saturated heterocycles. The Balaban J connectivity index is 3.04. The molecule has 0 fully saturated rings. The first-order chi connectivity index (χ1) is 8.01. The number of aliphatic hydroxyl groups is 1. The number of aryl methyl sites for hydroxylation is 1. The fraction of sp³-hybridized carbons (Fsp3) is 0.417. The van der Waals surface area contributed by atoms with Crippen LogP contribution >= 0.6 is 15.9 Å². The summed E-state index contributed by atoms with van der Waals surface area (Å²) in [6, 6.07) is 3.35. The molecule has 0 aliphatic heterocycles. The van der Waals surface area contributed by atoms with Gasteiger partial charge in [0.15, 0.2) is 6.10 Å². The summed E-state index contributed by atoms with van der Waals surface area (Å²) in [4.78, 5) is 11.4. The molecular formula is C12H15BrO4. The van der Waals surface area contributed by atoms with Crippen molar-refractivity contribution < 1.29 is 19.4 Å². The fourth-order valence-electron chi connectivity index (χ4n) is 1.53. The molecule has 0 amide bonds. The van der Waals surface area contributed by atoms with Crippen molar-refractivity contribution in [3.8, 4) is 5.75 Å². The predicted molar refractivity (Wildman–Crippen MR) is 67.0 cm³/mol. The Kier molecular flexibility index (Phi) is 4.96. The van der Waals surface area contributed by atoms with Gasteiger partial charge in [0.2, 0.25) is 0 Å². The minimum absolute atomic E-state index is 0.242. The molecule has 0 bridgehead atoms. The third kappa shape index (κ3) is 3.20. The van der Waals surface area contributed by atoms with Crippen molar-refractivity contribution in [2.45, 2.75) is 20.0 Å². The van der Waals surface area contributed by atoms with Gasteiger partial charge in [0.05, 0.1) is 18.2 Å². The lowest BCUT2D eigenvalue weighted by molar-refractivity contribution is -0.153. The molecule has 1 aromatic rings. The molecule has 1 unspecified atom stereocenters. The molecule has 5 heteroatoms. The summed E-state index contributed by atoms with van der Waals surface area (Å²) in [6.45, 7) is 3.77. The highest BCUT2D eigenvalue weighted by atomic mass is 79.9. The average Bonchev–Trinajstić information content (AvgIpc) is 2.27. The molecule has 94 valence electrons. The molecule has 4 nitrogen and oxygen atoms in total. The highest BCUT2D eigenvalue weighted by molar-refractivity contribution is 9.10. The number of ether oxygens (including phenoxy) is 2. The van der Waals surface area contributed by atoms with Crippen molar-refractivity contribution in [3.05, 3.63) is 27.7 Å². The number of benzene rings is 1. The summed E-state index contributed by atoms with van der Waals surface area (Å²) in [5.41, 5.74) is 1.31. The molecule has 1 N–H and O–H groups in total. The highest BCUT2D eigenvalue weighted by Crippen LogP contribution is 2.32. The van der Waals surface area contributed by atoms with Crippen LogP contribution in [0.15, 0.2) is 16.6 Å². The van der Waals surface area contributed by atoms with E-state index >= 15 is 0 Å². The zero-order chi connectivity index (χ0) is 13.0. The van der Waals surface area contributed by atoms with E-state index in [-0.39, 0.29) is 6.61 Å². The Morgan fingerprint density at radius 2 is 2.18 bits per heavy atom. The summed E-state index contributed by atoms with van der Waals surface area (Å²) in [7, 11) is 1.56. The van der Waals surface area contributed by atoms with E-state index in [1.54, 1.807) is 26.2 Å². The number of methoxy groups -OCH3 is 1. The largest absolute Gasteiger partial charge is 0.495 e. The van der Waals surface area contributed by atoms with Gasteiger partial charge in [-0.15, -0.1) is 0 Å². The van der Waals surface area contributed by atoms with Crippen molar-refractivity contribution in [1.29, 1.82) is 0 Å². The summed E-state index contributed by atoms with van der Waals surface area (Å²) in [5, 5.41) is 9.80. The van der Waals surface area contributed by atoms with E-state index in [9.17, 15) is 9.90 Å². The quantitative estimate of drug-likeness (QED) is 0.868. The number of hydrogen-bond donors (Lipinski definition) is 1. The Morgan fingerprint density at radius 1 is 1.53 bits per heavy atom. The number of aliphatic hydroxyl groups excluding tert-OH is 1. The van der Waals surface area contributed by atoms with Crippen LogP contribution in [0.1, 0.15) is 24.2 Å². The zero-order valence-corrected chi connectivity index (χ0v) is 11.6. The highest BCUT2D eigenvalue weighted by Gasteiger charge is 2.20. The molecule has 1 atom stereocenters. The molecule has 0 spiro atoms. The smallest absolute Gasteiger partial charge is 0.339 e. The Hall–Kier alpha value is -1.07. The second-order valence-electron chi connectivity index (χ2n) is 3.51. The second-order valence-corrected chi connectivity index (χ2v) is 4.36. The van der Waals surface area contributed by atoms with Crippen molar-refractivity contribution in [3.63, 3.8) is 0 Å². The molecule has 0 radical (unpaired) electrons. The van der Waals surface area contributed by atoms with Crippen LogP contribution in [-0.2, 0) is 9.53 Å². The van der Waals surface area contributed by atoms with Crippen molar-refractivity contribution in [1.82, 2.24) is 0 Å². The number of carbonyl (C=O) groups excluding carboxylic acids is 1. The molecule has 0 heterocycles. The molecular weight excluding hydrogens is 288 g/mol.